The van der Waals surface area contributed by atoms with Gasteiger partial charge in [0.1, 0.15) is 11.7 Å². The molecule has 188 valence electrons. The molecule has 4 aliphatic carbocycles. The number of rotatable bonds is 6. The van der Waals surface area contributed by atoms with Crippen molar-refractivity contribution < 1.29 is 19.4 Å². The Hall–Kier alpha value is -0.900. The van der Waals surface area contributed by atoms with E-state index in [0.717, 1.165) is 37.0 Å². The molecule has 4 fully saturated rings. The molecule has 0 aromatic rings. The number of ketones is 1. The van der Waals surface area contributed by atoms with E-state index in [-0.39, 0.29) is 24.3 Å². The van der Waals surface area contributed by atoms with Crippen LogP contribution in [0.25, 0.3) is 0 Å². The molecule has 4 nitrogen and oxygen atoms in total. The molecule has 0 unspecified atom stereocenters. The highest BCUT2D eigenvalue weighted by molar-refractivity contribution is 5.89. The van der Waals surface area contributed by atoms with Gasteiger partial charge in [0.15, 0.2) is 5.78 Å². The summed E-state index contributed by atoms with van der Waals surface area (Å²) in [5.41, 5.74) is -1.41. The lowest BCUT2D eigenvalue weighted by atomic mass is 9.42. The van der Waals surface area contributed by atoms with Gasteiger partial charge in [-0.1, -0.05) is 53.9 Å². The van der Waals surface area contributed by atoms with Crippen molar-refractivity contribution in [1.82, 2.24) is 0 Å². The Bertz CT molecular complexity index is 761. The zero-order valence-corrected chi connectivity index (χ0v) is 22.0. The van der Waals surface area contributed by atoms with E-state index in [4.69, 9.17) is 4.74 Å². The van der Waals surface area contributed by atoms with Gasteiger partial charge in [0.25, 0.3) is 0 Å². The maximum absolute atomic E-state index is 13.6. The first-order valence-corrected chi connectivity index (χ1v) is 13.8. The Kier molecular flexibility index (Phi) is 6.84. The van der Waals surface area contributed by atoms with Gasteiger partial charge in [0.05, 0.1) is 0 Å². The maximum Gasteiger partial charge on any atom is 0.302 e. The first kappa shape index (κ1) is 25.2. The van der Waals surface area contributed by atoms with Gasteiger partial charge in [-0.2, -0.15) is 0 Å². The second-order valence-corrected chi connectivity index (χ2v) is 13.3. The van der Waals surface area contributed by atoms with Gasteiger partial charge in [-0.3, -0.25) is 9.59 Å². The molecule has 9 atom stereocenters. The first-order chi connectivity index (χ1) is 15.4. The van der Waals surface area contributed by atoms with Crippen molar-refractivity contribution in [3.63, 3.8) is 0 Å². The number of aliphatic hydroxyl groups is 1. The van der Waals surface area contributed by atoms with E-state index < -0.39 is 11.0 Å². The molecule has 4 heteroatoms. The van der Waals surface area contributed by atoms with Gasteiger partial charge in [-0.15, -0.1) is 0 Å². The number of hydrogen-bond donors (Lipinski definition) is 1. The second-order valence-electron chi connectivity index (χ2n) is 13.3. The van der Waals surface area contributed by atoms with E-state index in [1.54, 1.807) is 0 Å². The van der Waals surface area contributed by atoms with Crippen LogP contribution in [0.4, 0.5) is 0 Å². The summed E-state index contributed by atoms with van der Waals surface area (Å²) in [5, 5.41) is 11.8. The molecule has 0 saturated heterocycles. The second kappa shape index (κ2) is 8.95. The molecule has 4 aliphatic rings. The van der Waals surface area contributed by atoms with E-state index in [0.29, 0.717) is 29.6 Å². The average Bonchev–Trinajstić information content (AvgIpc) is 3.07. The molecule has 0 heterocycles. The van der Waals surface area contributed by atoms with Crippen molar-refractivity contribution in [3.8, 4) is 0 Å². The molecule has 0 aliphatic heterocycles. The molecule has 0 bridgehead atoms. The SMILES string of the molecule is CC(=O)O[C@H]1CC[C@]2(C)[C@@H]3CC[C@]4(C)[C@@H]([C@H](C)CCCC(C)C)CC[C@H]4[C@H]3CC(=O)[C@@]2(O)C1. The van der Waals surface area contributed by atoms with Crippen molar-refractivity contribution in [2.45, 2.75) is 124 Å². The number of carbonyl (C=O) groups excluding carboxylic acids is 2. The van der Waals surface area contributed by atoms with Crippen LogP contribution in [0.1, 0.15) is 112 Å². The molecular weight excluding hydrogens is 412 g/mol. The maximum atomic E-state index is 13.6. The molecule has 0 aromatic carbocycles. The average molecular weight is 461 g/mol. The quantitative estimate of drug-likeness (QED) is 0.470. The fourth-order valence-electron chi connectivity index (χ4n) is 9.36. The summed E-state index contributed by atoms with van der Waals surface area (Å²) in [6, 6.07) is 0. The monoisotopic (exact) mass is 460 g/mol. The lowest BCUT2D eigenvalue weighted by Crippen LogP contribution is -2.67. The minimum absolute atomic E-state index is 0.0146. The van der Waals surface area contributed by atoms with Crippen molar-refractivity contribution in [2.75, 3.05) is 0 Å². The van der Waals surface area contributed by atoms with E-state index in [9.17, 15) is 14.7 Å². The van der Waals surface area contributed by atoms with Crippen LogP contribution in [0.5, 0.6) is 0 Å². The number of esters is 1. The Labute approximate surface area is 201 Å². The van der Waals surface area contributed by atoms with E-state index in [2.05, 4.69) is 34.6 Å². The standard InChI is InChI=1S/C29H48O4/c1-18(2)8-7-9-19(3)23-10-11-24-22-16-26(31)29(32)17-21(33-20(4)30)12-15-28(29,6)25(22)13-14-27(23,24)5/h18-19,21-25,32H,7-17H2,1-6H3/t19-,21+,22-,23-,24+,25-,27-,28-,29+/m1/s1. The number of hydrogen-bond acceptors (Lipinski definition) is 4. The van der Waals surface area contributed by atoms with Gasteiger partial charge in [0.2, 0.25) is 0 Å². The molecule has 0 radical (unpaired) electrons. The highest BCUT2D eigenvalue weighted by Gasteiger charge is 2.68. The summed E-state index contributed by atoms with van der Waals surface area (Å²) in [4.78, 5) is 25.1. The van der Waals surface area contributed by atoms with Gasteiger partial charge < -0.3 is 9.84 Å². The van der Waals surface area contributed by atoms with Crippen LogP contribution < -0.4 is 0 Å². The number of carbonyl (C=O) groups is 2. The van der Waals surface area contributed by atoms with Crippen LogP contribution in [0, 0.1) is 46.3 Å². The predicted molar refractivity (Wildman–Crippen MR) is 130 cm³/mol. The third-order valence-electron chi connectivity index (χ3n) is 11.1. The molecule has 4 saturated carbocycles. The molecule has 4 rings (SSSR count). The van der Waals surface area contributed by atoms with Gasteiger partial charge in [-0.05, 0) is 79.4 Å². The number of Topliss-reactive ketones (excluding diaryl/α,β-unsaturated/α-hetero) is 1. The predicted octanol–water partition coefficient (Wildman–Crippen LogP) is 6.33. The van der Waals surface area contributed by atoms with Gasteiger partial charge in [0, 0.05) is 25.2 Å². The zero-order chi connectivity index (χ0) is 24.2. The lowest BCUT2D eigenvalue weighted by molar-refractivity contribution is -0.217. The summed E-state index contributed by atoms with van der Waals surface area (Å²) in [6.07, 6.45) is 10.9. The van der Waals surface area contributed by atoms with Gasteiger partial charge in [-0.25, -0.2) is 0 Å². The zero-order valence-electron chi connectivity index (χ0n) is 22.0. The molecule has 0 aromatic heterocycles. The minimum atomic E-state index is -1.34. The highest BCUT2D eigenvalue weighted by Crippen LogP contribution is 2.68. The summed E-state index contributed by atoms with van der Waals surface area (Å²) in [6.45, 7) is 13.2. The third kappa shape index (κ3) is 4.10. The van der Waals surface area contributed by atoms with Crippen LogP contribution >= 0.6 is 0 Å². The smallest absolute Gasteiger partial charge is 0.302 e. The van der Waals surface area contributed by atoms with Crippen LogP contribution in [-0.2, 0) is 14.3 Å². The van der Waals surface area contributed by atoms with Crippen molar-refractivity contribution in [1.29, 1.82) is 0 Å². The molecule has 33 heavy (non-hydrogen) atoms. The summed E-state index contributed by atoms with van der Waals surface area (Å²) >= 11 is 0. The molecule has 0 amide bonds. The third-order valence-corrected chi connectivity index (χ3v) is 11.1. The normalized spacial score (nSPS) is 45.8. The molecular formula is C29H48O4. The number of ether oxygens (including phenoxy) is 1. The molecule has 0 spiro atoms. The Morgan fingerprint density at radius 1 is 1.06 bits per heavy atom. The summed E-state index contributed by atoms with van der Waals surface area (Å²) in [7, 11) is 0. The summed E-state index contributed by atoms with van der Waals surface area (Å²) < 4.78 is 5.46. The van der Waals surface area contributed by atoms with Crippen molar-refractivity contribution >= 4 is 11.8 Å². The fourth-order valence-corrected chi connectivity index (χ4v) is 9.36. The topological polar surface area (TPSA) is 63.6 Å². The minimum Gasteiger partial charge on any atom is -0.462 e. The van der Waals surface area contributed by atoms with Crippen LogP contribution in [0.15, 0.2) is 0 Å². The van der Waals surface area contributed by atoms with Crippen LogP contribution in [-0.4, -0.2) is 28.6 Å². The van der Waals surface area contributed by atoms with Crippen LogP contribution in [0.2, 0.25) is 0 Å². The largest absolute Gasteiger partial charge is 0.462 e. The Balaban J connectivity index is 1.52. The van der Waals surface area contributed by atoms with E-state index in [1.165, 1.54) is 45.4 Å². The van der Waals surface area contributed by atoms with E-state index in [1.807, 2.05) is 0 Å². The van der Waals surface area contributed by atoms with E-state index >= 15 is 0 Å². The Morgan fingerprint density at radius 3 is 2.45 bits per heavy atom. The molecule has 1 N–H and O–H groups in total. The lowest BCUT2D eigenvalue weighted by Gasteiger charge is -2.63. The highest BCUT2D eigenvalue weighted by atomic mass is 16.5. The van der Waals surface area contributed by atoms with Crippen molar-refractivity contribution in [3.05, 3.63) is 0 Å². The fraction of sp³-hybridized carbons (Fsp3) is 0.931. The number of fused-ring (bicyclic) bond motifs is 5. The van der Waals surface area contributed by atoms with Crippen molar-refractivity contribution in [2.24, 2.45) is 46.3 Å². The Morgan fingerprint density at radius 2 is 1.79 bits per heavy atom. The summed E-state index contributed by atoms with van der Waals surface area (Å²) in [5.74, 6) is 3.39. The first-order valence-electron chi connectivity index (χ1n) is 13.8. The van der Waals surface area contributed by atoms with Crippen LogP contribution in [0.3, 0.4) is 0 Å². The van der Waals surface area contributed by atoms with Gasteiger partial charge >= 0.3 is 5.97 Å².